The monoisotopic (exact) mass is 232 g/mol. The molecule has 2 rings (SSSR count). The van der Waals surface area contributed by atoms with Gasteiger partial charge >= 0.3 is 11.9 Å². The summed E-state index contributed by atoms with van der Waals surface area (Å²) in [7, 11) is 0. The smallest absolute Gasteiger partial charge is 0.341 e. The second-order valence-corrected chi connectivity index (χ2v) is 3.60. The van der Waals surface area contributed by atoms with Crippen molar-refractivity contribution in [1.82, 2.24) is 0 Å². The van der Waals surface area contributed by atoms with Gasteiger partial charge in [0.2, 0.25) is 0 Å². The van der Waals surface area contributed by atoms with Crippen molar-refractivity contribution in [2.24, 2.45) is 0 Å². The van der Waals surface area contributed by atoms with E-state index in [0.29, 0.717) is 18.4 Å². The zero-order valence-electron chi connectivity index (χ0n) is 9.17. The molecule has 0 saturated carbocycles. The fourth-order valence-corrected chi connectivity index (χ4v) is 1.45. The highest BCUT2D eigenvalue weighted by molar-refractivity contribution is 5.89. The van der Waals surface area contributed by atoms with Crippen LogP contribution >= 0.6 is 0 Å². The zero-order valence-corrected chi connectivity index (χ0v) is 9.17. The molecule has 0 unspecified atom stereocenters. The van der Waals surface area contributed by atoms with E-state index in [2.05, 4.69) is 0 Å². The standard InChI is InChI=1S/C13H12O4/c14-11-8-4-5-9-12(16-11)17-13(15)10-6-2-1-3-7-10/h1-3,5-7,9,12H,4,8H2/t12-/m1/s1. The van der Waals surface area contributed by atoms with E-state index in [-0.39, 0.29) is 5.97 Å². The van der Waals surface area contributed by atoms with Crippen LogP contribution in [0.4, 0.5) is 0 Å². The zero-order chi connectivity index (χ0) is 12.1. The van der Waals surface area contributed by atoms with Gasteiger partial charge in [-0.3, -0.25) is 4.79 Å². The van der Waals surface area contributed by atoms with E-state index in [1.807, 2.05) is 6.07 Å². The maximum Gasteiger partial charge on any atom is 0.341 e. The molecule has 1 atom stereocenters. The van der Waals surface area contributed by atoms with Gasteiger partial charge in [-0.15, -0.1) is 0 Å². The number of ether oxygens (including phenoxy) is 2. The number of cyclic esters (lactones) is 1. The molecule has 1 heterocycles. The quantitative estimate of drug-likeness (QED) is 0.578. The van der Waals surface area contributed by atoms with Crippen molar-refractivity contribution in [3.63, 3.8) is 0 Å². The molecule has 4 heteroatoms. The van der Waals surface area contributed by atoms with Gasteiger partial charge in [-0.1, -0.05) is 24.3 Å². The van der Waals surface area contributed by atoms with E-state index < -0.39 is 12.3 Å². The summed E-state index contributed by atoms with van der Waals surface area (Å²) in [4.78, 5) is 22.8. The summed E-state index contributed by atoms with van der Waals surface area (Å²) in [5, 5.41) is 0. The fourth-order valence-electron chi connectivity index (χ4n) is 1.45. The Balaban J connectivity index is 2.01. The summed E-state index contributed by atoms with van der Waals surface area (Å²) in [5.41, 5.74) is 0.432. The molecule has 4 nitrogen and oxygen atoms in total. The lowest BCUT2D eigenvalue weighted by Gasteiger charge is -2.13. The molecule has 0 fully saturated rings. The Hall–Kier alpha value is -2.10. The Morgan fingerprint density at radius 3 is 2.82 bits per heavy atom. The normalized spacial score (nSPS) is 19.3. The van der Waals surface area contributed by atoms with Gasteiger partial charge in [0.1, 0.15) is 0 Å². The lowest BCUT2D eigenvalue weighted by Crippen LogP contribution is -2.21. The lowest BCUT2D eigenvalue weighted by molar-refractivity contribution is -0.160. The first kappa shape index (κ1) is 11.4. The first-order valence-corrected chi connectivity index (χ1v) is 5.38. The Bertz CT molecular complexity index is 436. The van der Waals surface area contributed by atoms with Gasteiger partial charge in [0.15, 0.2) is 0 Å². The molecule has 0 saturated heterocycles. The molecule has 0 amide bonds. The summed E-state index contributed by atoms with van der Waals surface area (Å²) < 4.78 is 9.99. The third-order valence-electron chi connectivity index (χ3n) is 2.29. The number of hydrogen-bond donors (Lipinski definition) is 0. The van der Waals surface area contributed by atoms with Crippen molar-refractivity contribution in [3.8, 4) is 0 Å². The molecule has 0 aromatic heterocycles. The Morgan fingerprint density at radius 2 is 2.06 bits per heavy atom. The fraction of sp³-hybridized carbons (Fsp3) is 0.231. The summed E-state index contributed by atoms with van der Waals surface area (Å²) in [6, 6.07) is 8.58. The van der Waals surface area contributed by atoms with Gasteiger partial charge in [0.05, 0.1) is 5.56 Å². The average Bonchev–Trinajstić information content (AvgIpc) is 2.55. The maximum absolute atomic E-state index is 11.7. The van der Waals surface area contributed by atoms with E-state index in [4.69, 9.17) is 9.47 Å². The van der Waals surface area contributed by atoms with Crippen molar-refractivity contribution < 1.29 is 19.1 Å². The molecule has 88 valence electrons. The Morgan fingerprint density at radius 1 is 1.29 bits per heavy atom. The van der Waals surface area contributed by atoms with Crippen molar-refractivity contribution in [2.75, 3.05) is 0 Å². The van der Waals surface area contributed by atoms with Crippen molar-refractivity contribution >= 4 is 11.9 Å². The van der Waals surface area contributed by atoms with Crippen LogP contribution in [0.1, 0.15) is 23.2 Å². The van der Waals surface area contributed by atoms with Crippen LogP contribution in [0.2, 0.25) is 0 Å². The van der Waals surface area contributed by atoms with Crippen molar-refractivity contribution in [2.45, 2.75) is 19.1 Å². The highest BCUT2D eigenvalue weighted by Gasteiger charge is 2.18. The molecule has 1 aromatic carbocycles. The Kier molecular flexibility index (Phi) is 3.55. The largest absolute Gasteiger partial charge is 0.421 e. The molecule has 0 bridgehead atoms. The number of esters is 2. The van der Waals surface area contributed by atoms with Crippen LogP contribution < -0.4 is 0 Å². The molecule has 1 aliphatic rings. The van der Waals surface area contributed by atoms with Gasteiger partial charge in [-0.05, 0) is 24.6 Å². The van der Waals surface area contributed by atoms with Crippen LogP contribution in [0, 0.1) is 0 Å². The number of rotatable bonds is 2. The molecule has 0 N–H and O–H groups in total. The molecular formula is C13H12O4. The first-order valence-electron chi connectivity index (χ1n) is 5.38. The summed E-state index contributed by atoms with van der Waals surface area (Å²) >= 11 is 0. The lowest BCUT2D eigenvalue weighted by atomic mass is 10.2. The third-order valence-corrected chi connectivity index (χ3v) is 2.29. The van der Waals surface area contributed by atoms with E-state index in [9.17, 15) is 9.59 Å². The van der Waals surface area contributed by atoms with E-state index in [1.54, 1.807) is 36.4 Å². The first-order chi connectivity index (χ1) is 8.25. The minimum Gasteiger partial charge on any atom is -0.421 e. The topological polar surface area (TPSA) is 52.6 Å². The number of hydrogen-bond acceptors (Lipinski definition) is 4. The van der Waals surface area contributed by atoms with Crippen LogP contribution in [0.25, 0.3) is 0 Å². The van der Waals surface area contributed by atoms with Gasteiger partial charge in [-0.25, -0.2) is 4.79 Å². The van der Waals surface area contributed by atoms with Crippen LogP contribution in [-0.4, -0.2) is 18.2 Å². The molecule has 0 spiro atoms. The molecule has 0 aliphatic carbocycles. The molecule has 1 aliphatic heterocycles. The van der Waals surface area contributed by atoms with Gasteiger partial charge < -0.3 is 9.47 Å². The molecule has 17 heavy (non-hydrogen) atoms. The number of allylic oxidation sites excluding steroid dienone is 1. The van der Waals surface area contributed by atoms with E-state index in [0.717, 1.165) is 0 Å². The third kappa shape index (κ3) is 3.17. The predicted molar refractivity (Wildman–Crippen MR) is 60.1 cm³/mol. The average molecular weight is 232 g/mol. The Labute approximate surface area is 98.8 Å². The van der Waals surface area contributed by atoms with Gasteiger partial charge in [0.25, 0.3) is 6.29 Å². The van der Waals surface area contributed by atoms with Crippen LogP contribution in [-0.2, 0) is 14.3 Å². The minimum atomic E-state index is -0.919. The molecule has 1 aromatic rings. The van der Waals surface area contributed by atoms with Crippen molar-refractivity contribution in [3.05, 3.63) is 48.0 Å². The van der Waals surface area contributed by atoms with Gasteiger partial charge in [-0.2, -0.15) is 0 Å². The van der Waals surface area contributed by atoms with Crippen LogP contribution in [0.15, 0.2) is 42.5 Å². The SMILES string of the molecule is O=C1CCC=C[C@@H](OC(=O)c2ccccc2)O1. The second kappa shape index (κ2) is 5.30. The van der Waals surface area contributed by atoms with E-state index in [1.165, 1.54) is 0 Å². The molecular weight excluding hydrogens is 220 g/mol. The second-order valence-electron chi connectivity index (χ2n) is 3.60. The number of carbonyl (C=O) groups is 2. The highest BCUT2D eigenvalue weighted by Crippen LogP contribution is 2.11. The van der Waals surface area contributed by atoms with Gasteiger partial charge in [0, 0.05) is 6.42 Å². The summed E-state index contributed by atoms with van der Waals surface area (Å²) in [6.45, 7) is 0. The number of carbonyl (C=O) groups excluding carboxylic acids is 2. The predicted octanol–water partition coefficient (Wildman–Crippen LogP) is 2.06. The van der Waals surface area contributed by atoms with Crippen LogP contribution in [0.5, 0.6) is 0 Å². The van der Waals surface area contributed by atoms with Crippen molar-refractivity contribution in [1.29, 1.82) is 0 Å². The van der Waals surface area contributed by atoms with Crippen LogP contribution in [0.3, 0.4) is 0 Å². The number of benzene rings is 1. The maximum atomic E-state index is 11.7. The minimum absolute atomic E-state index is 0.315. The highest BCUT2D eigenvalue weighted by atomic mass is 16.7. The molecule has 0 radical (unpaired) electrons. The van der Waals surface area contributed by atoms with E-state index >= 15 is 0 Å². The summed E-state index contributed by atoms with van der Waals surface area (Å²) in [5.74, 6) is -0.865. The summed E-state index contributed by atoms with van der Waals surface area (Å²) in [6.07, 6.45) is 3.35.